The predicted molar refractivity (Wildman–Crippen MR) is 104 cm³/mol. The Morgan fingerprint density at radius 3 is 2.36 bits per heavy atom. The molecular formula is C23H25NO. The molecule has 0 saturated carbocycles. The van der Waals surface area contributed by atoms with Crippen LogP contribution in [0.2, 0.25) is 0 Å². The third kappa shape index (κ3) is 2.81. The van der Waals surface area contributed by atoms with Gasteiger partial charge in [-0.3, -0.25) is 0 Å². The SMILES string of the molecule is CC1=C(C)C2([C@H](Cc3ccccc3)Nc3ccc(C)cc3)C=CC1O2. The minimum Gasteiger partial charge on any atom is -0.378 e. The highest BCUT2D eigenvalue weighted by atomic mass is 16.5. The van der Waals surface area contributed by atoms with Gasteiger partial charge in [-0.05, 0) is 62.1 Å². The zero-order chi connectivity index (χ0) is 17.4. The van der Waals surface area contributed by atoms with E-state index in [4.69, 9.17) is 4.74 Å². The second-order valence-electron chi connectivity index (χ2n) is 7.25. The van der Waals surface area contributed by atoms with Crippen LogP contribution in [0.3, 0.4) is 0 Å². The van der Waals surface area contributed by atoms with Gasteiger partial charge in [0.2, 0.25) is 0 Å². The number of aryl methyl sites for hydroxylation is 1. The Bertz CT molecular complexity index is 819. The molecule has 4 rings (SSSR count). The highest BCUT2D eigenvalue weighted by Crippen LogP contribution is 2.46. The van der Waals surface area contributed by atoms with E-state index < -0.39 is 0 Å². The van der Waals surface area contributed by atoms with Gasteiger partial charge in [-0.15, -0.1) is 0 Å². The van der Waals surface area contributed by atoms with Crippen LogP contribution >= 0.6 is 0 Å². The van der Waals surface area contributed by atoms with E-state index in [-0.39, 0.29) is 17.7 Å². The van der Waals surface area contributed by atoms with Gasteiger partial charge in [0.15, 0.2) is 0 Å². The van der Waals surface area contributed by atoms with Gasteiger partial charge in [-0.2, -0.15) is 0 Å². The summed E-state index contributed by atoms with van der Waals surface area (Å²) in [5, 5.41) is 3.76. The summed E-state index contributed by atoms with van der Waals surface area (Å²) in [6.07, 6.45) is 5.51. The lowest BCUT2D eigenvalue weighted by Crippen LogP contribution is -2.47. The molecule has 2 unspecified atom stereocenters. The van der Waals surface area contributed by atoms with Crippen LogP contribution in [0.5, 0.6) is 0 Å². The van der Waals surface area contributed by atoms with Gasteiger partial charge < -0.3 is 10.1 Å². The molecule has 0 fully saturated rings. The van der Waals surface area contributed by atoms with E-state index in [1.807, 2.05) is 0 Å². The van der Waals surface area contributed by atoms with Gasteiger partial charge in [-0.25, -0.2) is 0 Å². The predicted octanol–water partition coefficient (Wildman–Crippen LogP) is 5.06. The molecule has 2 nitrogen and oxygen atoms in total. The summed E-state index contributed by atoms with van der Waals surface area (Å²) in [4.78, 5) is 0. The lowest BCUT2D eigenvalue weighted by molar-refractivity contribution is 0.0278. The summed E-state index contributed by atoms with van der Waals surface area (Å²) in [6.45, 7) is 6.52. The fraction of sp³-hybridized carbons (Fsp3) is 0.304. The molecule has 1 N–H and O–H groups in total. The van der Waals surface area contributed by atoms with Gasteiger partial charge in [0.25, 0.3) is 0 Å². The van der Waals surface area contributed by atoms with E-state index in [0.717, 1.165) is 12.1 Å². The molecule has 3 atom stereocenters. The molecule has 25 heavy (non-hydrogen) atoms. The number of hydrogen-bond acceptors (Lipinski definition) is 2. The molecular weight excluding hydrogens is 306 g/mol. The monoisotopic (exact) mass is 331 g/mol. The summed E-state index contributed by atoms with van der Waals surface area (Å²) in [5.74, 6) is 0. The van der Waals surface area contributed by atoms with Crippen LogP contribution in [-0.2, 0) is 11.2 Å². The first-order valence-electron chi connectivity index (χ1n) is 9.01. The third-order valence-electron chi connectivity index (χ3n) is 5.64. The summed E-state index contributed by atoms with van der Waals surface area (Å²) in [5.41, 5.74) is 6.08. The topological polar surface area (TPSA) is 21.3 Å². The van der Waals surface area contributed by atoms with Crippen LogP contribution in [0.4, 0.5) is 5.69 Å². The maximum absolute atomic E-state index is 6.47. The van der Waals surface area contributed by atoms with Gasteiger partial charge >= 0.3 is 0 Å². The van der Waals surface area contributed by atoms with Crippen molar-refractivity contribution in [3.05, 3.63) is 89.0 Å². The van der Waals surface area contributed by atoms with Crippen LogP contribution in [0.1, 0.15) is 25.0 Å². The van der Waals surface area contributed by atoms with E-state index >= 15 is 0 Å². The van der Waals surface area contributed by atoms with Crippen LogP contribution in [-0.4, -0.2) is 17.7 Å². The molecule has 2 aromatic carbocycles. The minimum absolute atomic E-state index is 0.137. The lowest BCUT2D eigenvalue weighted by atomic mass is 9.80. The first-order chi connectivity index (χ1) is 12.1. The van der Waals surface area contributed by atoms with E-state index in [9.17, 15) is 0 Å². The quantitative estimate of drug-likeness (QED) is 0.773. The Balaban J connectivity index is 1.69. The van der Waals surface area contributed by atoms with Crippen LogP contribution in [0.25, 0.3) is 0 Å². The molecule has 2 heterocycles. The molecule has 0 aromatic heterocycles. The Labute approximate surface area is 150 Å². The van der Waals surface area contributed by atoms with Gasteiger partial charge in [0.1, 0.15) is 5.60 Å². The van der Waals surface area contributed by atoms with Gasteiger partial charge in [0, 0.05) is 5.69 Å². The normalized spacial score (nSPS) is 25.5. The molecule has 0 amide bonds. The molecule has 128 valence electrons. The highest BCUT2D eigenvalue weighted by molar-refractivity contribution is 5.52. The molecule has 2 aromatic rings. The molecule has 2 aliphatic heterocycles. The number of rotatable bonds is 5. The number of fused-ring (bicyclic) bond motifs is 2. The van der Waals surface area contributed by atoms with Crippen LogP contribution < -0.4 is 5.32 Å². The number of anilines is 1. The smallest absolute Gasteiger partial charge is 0.129 e. The van der Waals surface area contributed by atoms with E-state index in [0.29, 0.717) is 0 Å². The molecule has 0 radical (unpaired) electrons. The first-order valence-corrected chi connectivity index (χ1v) is 9.01. The van der Waals surface area contributed by atoms with Crippen molar-refractivity contribution < 1.29 is 4.74 Å². The Hall–Kier alpha value is -2.32. The number of benzene rings is 2. The summed E-state index contributed by atoms with van der Waals surface area (Å²) < 4.78 is 6.47. The number of hydrogen-bond donors (Lipinski definition) is 1. The van der Waals surface area contributed by atoms with Crippen molar-refractivity contribution in [1.82, 2.24) is 0 Å². The van der Waals surface area contributed by atoms with Crippen molar-refractivity contribution in [3.63, 3.8) is 0 Å². The van der Waals surface area contributed by atoms with Crippen molar-refractivity contribution in [3.8, 4) is 0 Å². The molecule has 0 spiro atoms. The Kier molecular flexibility index (Phi) is 4.01. The Morgan fingerprint density at radius 1 is 1.00 bits per heavy atom. The number of nitrogens with one attached hydrogen (secondary N) is 1. The standard InChI is InChI=1S/C23H25NO/c1-16-9-11-20(12-10-16)24-22(15-19-7-5-4-6-8-19)23-14-13-21(25-23)17(2)18(23)3/h4-14,21-22,24H,15H2,1-3H3/t21?,22-,23?/m0/s1. The molecule has 0 aliphatic carbocycles. The van der Waals surface area contributed by atoms with E-state index in [2.05, 4.69) is 92.8 Å². The van der Waals surface area contributed by atoms with E-state index in [1.54, 1.807) is 0 Å². The molecule has 0 saturated heterocycles. The Morgan fingerprint density at radius 2 is 1.72 bits per heavy atom. The summed E-state index contributed by atoms with van der Waals surface area (Å²) in [6, 6.07) is 19.4. The second kappa shape index (κ2) is 6.20. The number of ether oxygens (including phenoxy) is 1. The fourth-order valence-corrected chi connectivity index (χ4v) is 3.96. The summed E-state index contributed by atoms with van der Waals surface area (Å²) in [7, 11) is 0. The van der Waals surface area contributed by atoms with E-state index in [1.165, 1.54) is 22.3 Å². The zero-order valence-corrected chi connectivity index (χ0v) is 15.1. The minimum atomic E-state index is -0.352. The zero-order valence-electron chi connectivity index (χ0n) is 15.1. The maximum atomic E-state index is 6.47. The van der Waals surface area contributed by atoms with Gasteiger partial charge in [0.05, 0.1) is 12.1 Å². The largest absolute Gasteiger partial charge is 0.378 e. The molecule has 2 aliphatic rings. The third-order valence-corrected chi connectivity index (χ3v) is 5.64. The summed E-state index contributed by atoms with van der Waals surface area (Å²) >= 11 is 0. The average Bonchev–Trinajstić information content (AvgIpc) is 3.17. The van der Waals surface area contributed by atoms with Crippen molar-refractivity contribution in [1.29, 1.82) is 0 Å². The average molecular weight is 331 g/mol. The second-order valence-corrected chi connectivity index (χ2v) is 7.25. The molecule has 2 heteroatoms. The molecule has 2 bridgehead atoms. The van der Waals surface area contributed by atoms with Crippen LogP contribution in [0.15, 0.2) is 77.9 Å². The van der Waals surface area contributed by atoms with Crippen molar-refractivity contribution >= 4 is 5.69 Å². The van der Waals surface area contributed by atoms with Crippen LogP contribution in [0, 0.1) is 6.92 Å². The van der Waals surface area contributed by atoms with Crippen molar-refractivity contribution in [2.45, 2.75) is 44.9 Å². The van der Waals surface area contributed by atoms with Gasteiger partial charge in [-0.1, -0.05) is 54.1 Å². The first kappa shape index (κ1) is 16.2. The van der Waals surface area contributed by atoms with Crippen molar-refractivity contribution in [2.24, 2.45) is 0 Å². The van der Waals surface area contributed by atoms with Crippen molar-refractivity contribution in [2.75, 3.05) is 5.32 Å². The maximum Gasteiger partial charge on any atom is 0.129 e. The lowest BCUT2D eigenvalue weighted by Gasteiger charge is -2.36. The highest BCUT2D eigenvalue weighted by Gasteiger charge is 2.50. The fourth-order valence-electron chi connectivity index (χ4n) is 3.96.